The van der Waals surface area contributed by atoms with E-state index in [1.54, 1.807) is 6.07 Å². The normalized spacial score (nSPS) is 24.6. The third-order valence-corrected chi connectivity index (χ3v) is 4.84. The molecule has 0 N–H and O–H groups in total. The largest absolute Gasteiger partial charge is 0.299 e. The van der Waals surface area contributed by atoms with Gasteiger partial charge in [-0.05, 0) is 60.5 Å². The zero-order valence-electron chi connectivity index (χ0n) is 12.1. The maximum Gasteiger partial charge on any atom is 0.127 e. The molecule has 1 nitrogen and oxygen atoms in total. The van der Waals surface area contributed by atoms with Crippen molar-refractivity contribution in [2.45, 2.75) is 31.2 Å². The zero-order valence-corrected chi connectivity index (χ0v) is 12.1. The highest BCUT2D eigenvalue weighted by Gasteiger charge is 2.40. The molecule has 1 saturated carbocycles. The number of halogens is 1. The van der Waals surface area contributed by atoms with E-state index in [0.29, 0.717) is 11.8 Å². The number of likely N-dealkylation sites (tertiary alicyclic amines) is 1. The zero-order chi connectivity index (χ0) is 14.2. The summed E-state index contributed by atoms with van der Waals surface area (Å²) in [6.07, 6.45) is 2.35. The Labute approximate surface area is 125 Å². The topological polar surface area (TPSA) is 3.24 Å². The van der Waals surface area contributed by atoms with Gasteiger partial charge in [-0.25, -0.2) is 4.39 Å². The molecule has 108 valence electrons. The summed E-state index contributed by atoms with van der Waals surface area (Å²) in [6, 6.07) is 16.3. The average molecular weight is 281 g/mol. The fraction of sp³-hybridized carbons (Fsp3) is 0.368. The Morgan fingerprint density at radius 3 is 2.48 bits per heavy atom. The van der Waals surface area contributed by atoms with Gasteiger partial charge in [0.15, 0.2) is 0 Å². The van der Waals surface area contributed by atoms with Crippen LogP contribution in [0.4, 0.5) is 4.39 Å². The molecular formula is C19H20FN. The van der Waals surface area contributed by atoms with Gasteiger partial charge in [-0.2, -0.15) is 0 Å². The highest BCUT2D eigenvalue weighted by molar-refractivity contribution is 5.38. The van der Waals surface area contributed by atoms with Crippen LogP contribution < -0.4 is 0 Å². The molecule has 0 radical (unpaired) electrons. The Kier molecular flexibility index (Phi) is 3.27. The van der Waals surface area contributed by atoms with E-state index < -0.39 is 0 Å². The van der Waals surface area contributed by atoms with Crippen LogP contribution in [0.3, 0.4) is 0 Å². The van der Waals surface area contributed by atoms with Crippen LogP contribution in [0.1, 0.15) is 41.4 Å². The Morgan fingerprint density at radius 2 is 1.81 bits per heavy atom. The molecule has 2 aromatic carbocycles. The van der Waals surface area contributed by atoms with E-state index in [-0.39, 0.29) is 5.82 Å². The Bertz CT molecular complexity index is 633. The Balaban J connectivity index is 1.49. The fourth-order valence-corrected chi connectivity index (χ4v) is 3.38. The molecular weight excluding hydrogens is 261 g/mol. The minimum absolute atomic E-state index is 0.0172. The highest BCUT2D eigenvalue weighted by Crippen LogP contribution is 2.55. The molecule has 1 aliphatic carbocycles. The SMILES string of the molecule is Fc1cc(CN2CCC2)ccc1C1CC1c1ccccc1. The standard InChI is InChI=1S/C19H20FN/c20-19-11-14(13-21-9-4-10-21)7-8-16(19)18-12-17(18)15-5-2-1-3-6-15/h1-3,5-8,11,17-18H,4,9-10,12-13H2. The van der Waals surface area contributed by atoms with E-state index >= 15 is 0 Å². The molecule has 0 bridgehead atoms. The molecule has 0 spiro atoms. The summed E-state index contributed by atoms with van der Waals surface area (Å²) in [7, 11) is 0. The lowest BCUT2D eigenvalue weighted by molar-refractivity contribution is 0.172. The number of benzene rings is 2. The fourth-order valence-electron chi connectivity index (χ4n) is 3.38. The maximum atomic E-state index is 14.4. The van der Waals surface area contributed by atoms with Gasteiger partial charge in [-0.15, -0.1) is 0 Å². The highest BCUT2D eigenvalue weighted by atomic mass is 19.1. The van der Waals surface area contributed by atoms with Crippen LogP contribution >= 0.6 is 0 Å². The quantitative estimate of drug-likeness (QED) is 0.807. The number of rotatable bonds is 4. The first-order chi connectivity index (χ1) is 10.3. The lowest BCUT2D eigenvalue weighted by atomic mass is 10.0. The molecule has 4 rings (SSSR count). The van der Waals surface area contributed by atoms with Crippen molar-refractivity contribution in [1.29, 1.82) is 0 Å². The summed E-state index contributed by atoms with van der Waals surface area (Å²) in [4.78, 5) is 2.36. The van der Waals surface area contributed by atoms with E-state index in [2.05, 4.69) is 35.2 Å². The molecule has 2 unspecified atom stereocenters. The third kappa shape index (κ3) is 2.60. The monoisotopic (exact) mass is 281 g/mol. The molecule has 1 heterocycles. The van der Waals surface area contributed by atoms with Crippen LogP contribution in [-0.2, 0) is 6.54 Å². The number of hydrogen-bond donors (Lipinski definition) is 0. The van der Waals surface area contributed by atoms with Gasteiger partial charge in [0.1, 0.15) is 5.82 Å². The molecule has 1 saturated heterocycles. The third-order valence-electron chi connectivity index (χ3n) is 4.84. The molecule has 2 aromatic rings. The van der Waals surface area contributed by atoms with E-state index in [4.69, 9.17) is 0 Å². The van der Waals surface area contributed by atoms with E-state index in [1.165, 1.54) is 12.0 Å². The van der Waals surface area contributed by atoms with Crippen LogP contribution in [0.25, 0.3) is 0 Å². The maximum absolute atomic E-state index is 14.4. The van der Waals surface area contributed by atoms with Crippen molar-refractivity contribution in [3.63, 3.8) is 0 Å². The van der Waals surface area contributed by atoms with Crippen LogP contribution in [0.5, 0.6) is 0 Å². The summed E-state index contributed by atoms with van der Waals surface area (Å²) < 4.78 is 14.4. The Morgan fingerprint density at radius 1 is 1.00 bits per heavy atom. The van der Waals surface area contributed by atoms with Gasteiger partial charge in [0.2, 0.25) is 0 Å². The van der Waals surface area contributed by atoms with Crippen LogP contribution in [0.15, 0.2) is 48.5 Å². The van der Waals surface area contributed by atoms with Crippen molar-refractivity contribution >= 4 is 0 Å². The number of hydrogen-bond acceptors (Lipinski definition) is 1. The van der Waals surface area contributed by atoms with Gasteiger partial charge < -0.3 is 0 Å². The summed E-state index contributed by atoms with van der Waals surface area (Å²) in [5.74, 6) is 0.851. The van der Waals surface area contributed by atoms with Crippen molar-refractivity contribution in [3.8, 4) is 0 Å². The Hall–Kier alpha value is -1.67. The van der Waals surface area contributed by atoms with Crippen molar-refractivity contribution in [2.24, 2.45) is 0 Å². The van der Waals surface area contributed by atoms with E-state index in [0.717, 1.165) is 37.2 Å². The summed E-state index contributed by atoms with van der Waals surface area (Å²) in [5.41, 5.74) is 3.34. The van der Waals surface area contributed by atoms with Gasteiger partial charge >= 0.3 is 0 Å². The lowest BCUT2D eigenvalue weighted by Gasteiger charge is -2.30. The van der Waals surface area contributed by atoms with E-state index in [9.17, 15) is 4.39 Å². The smallest absolute Gasteiger partial charge is 0.127 e. The average Bonchev–Trinajstić information content (AvgIpc) is 3.24. The molecule has 2 atom stereocenters. The molecule has 21 heavy (non-hydrogen) atoms. The number of nitrogens with zero attached hydrogens (tertiary/aromatic N) is 1. The molecule has 2 fully saturated rings. The predicted octanol–water partition coefficient (Wildman–Crippen LogP) is 4.30. The minimum atomic E-state index is -0.0172. The van der Waals surface area contributed by atoms with Crippen LogP contribution in [-0.4, -0.2) is 18.0 Å². The first-order valence-corrected chi connectivity index (χ1v) is 7.87. The van der Waals surface area contributed by atoms with Crippen LogP contribution in [0, 0.1) is 5.82 Å². The van der Waals surface area contributed by atoms with Crippen molar-refractivity contribution in [1.82, 2.24) is 4.90 Å². The van der Waals surface area contributed by atoms with Gasteiger partial charge in [0, 0.05) is 6.54 Å². The summed E-state index contributed by atoms with van der Waals surface area (Å²) in [6.45, 7) is 3.20. The second kappa shape index (κ2) is 5.27. The molecule has 0 amide bonds. The molecule has 1 aliphatic heterocycles. The molecule has 2 aliphatic rings. The van der Waals surface area contributed by atoms with Gasteiger partial charge in [0.25, 0.3) is 0 Å². The van der Waals surface area contributed by atoms with E-state index in [1.807, 2.05) is 12.1 Å². The minimum Gasteiger partial charge on any atom is -0.299 e. The van der Waals surface area contributed by atoms with Crippen LogP contribution in [0.2, 0.25) is 0 Å². The predicted molar refractivity (Wildman–Crippen MR) is 82.8 cm³/mol. The van der Waals surface area contributed by atoms with Crippen molar-refractivity contribution < 1.29 is 4.39 Å². The molecule has 2 heteroatoms. The van der Waals surface area contributed by atoms with Crippen molar-refractivity contribution in [2.75, 3.05) is 13.1 Å². The second-order valence-electron chi connectivity index (χ2n) is 6.34. The lowest BCUT2D eigenvalue weighted by Crippen LogP contribution is -2.36. The summed E-state index contributed by atoms with van der Waals surface area (Å²) in [5, 5.41) is 0. The van der Waals surface area contributed by atoms with Gasteiger partial charge in [-0.1, -0.05) is 42.5 Å². The van der Waals surface area contributed by atoms with Gasteiger partial charge in [-0.3, -0.25) is 4.90 Å². The van der Waals surface area contributed by atoms with Gasteiger partial charge in [0.05, 0.1) is 0 Å². The first kappa shape index (κ1) is 13.0. The van der Waals surface area contributed by atoms with Crippen molar-refractivity contribution in [3.05, 3.63) is 71.0 Å². The summed E-state index contributed by atoms with van der Waals surface area (Å²) >= 11 is 0. The second-order valence-corrected chi connectivity index (χ2v) is 6.34. The molecule has 0 aromatic heterocycles. The first-order valence-electron chi connectivity index (χ1n) is 7.87.